The zero-order valence-electron chi connectivity index (χ0n) is 60.0. The fraction of sp³-hybridized carbons (Fsp3) is 0.0625. The van der Waals surface area contributed by atoms with Crippen molar-refractivity contribution < 1.29 is 0 Å². The molecule has 0 spiro atoms. The highest BCUT2D eigenvalue weighted by atomic mass is 31.1. The maximum atomic E-state index is 2.31. The molecule has 0 amide bonds. The molecule has 0 aromatic heterocycles. The molecule has 504 valence electrons. The highest BCUT2D eigenvalue weighted by Crippen LogP contribution is 2.24. The van der Waals surface area contributed by atoms with Crippen LogP contribution in [0.15, 0.2) is 455 Å². The van der Waals surface area contributed by atoms with Gasteiger partial charge in [0.2, 0.25) is 0 Å². The molecule has 0 aliphatic carbocycles. The number of benzene rings is 15. The first-order chi connectivity index (χ1) is 50.2. The summed E-state index contributed by atoms with van der Waals surface area (Å²) in [6.07, 6.45) is -3.65. The summed E-state index contributed by atoms with van der Waals surface area (Å²) in [5.74, 6) is 0. The van der Waals surface area contributed by atoms with Crippen LogP contribution in [0.4, 0.5) is 0 Å². The molecule has 15 rings (SSSR count). The van der Waals surface area contributed by atoms with E-state index in [1.54, 1.807) is 0 Å². The molecule has 0 fully saturated rings. The third-order valence-electron chi connectivity index (χ3n) is 19.6. The Bertz CT molecular complexity index is 3720. The van der Waals surface area contributed by atoms with Crippen molar-refractivity contribution in [1.82, 2.24) is 0 Å². The van der Waals surface area contributed by atoms with Gasteiger partial charge >= 0.3 is 0 Å². The summed E-state index contributed by atoms with van der Waals surface area (Å²) >= 11 is 0. The van der Waals surface area contributed by atoms with E-state index >= 15 is 0 Å². The van der Waals surface area contributed by atoms with Crippen LogP contribution < -0.4 is 81.5 Å². The van der Waals surface area contributed by atoms with Gasteiger partial charge in [0.15, 0.2) is 0 Å². The molecule has 0 radical (unpaired) electrons. The van der Waals surface area contributed by atoms with E-state index in [4.69, 9.17) is 0 Å². The molecule has 0 unspecified atom stereocenters. The van der Waals surface area contributed by atoms with Crippen LogP contribution in [0.1, 0.15) is 0 Å². The molecule has 102 heavy (non-hydrogen) atoms. The summed E-state index contributed by atoms with van der Waals surface area (Å²) in [5, 5.41) is 4.55. The predicted molar refractivity (Wildman–Crippen MR) is 469 cm³/mol. The van der Waals surface area contributed by atoms with Crippen molar-refractivity contribution in [1.29, 1.82) is 0 Å². The van der Waals surface area contributed by atoms with Gasteiger partial charge < -0.3 is 0 Å². The topological polar surface area (TPSA) is 0 Å². The van der Waals surface area contributed by atoms with Crippen molar-refractivity contribution in [3.05, 3.63) is 455 Å². The average Bonchev–Trinajstić information content (AvgIpc) is 0.754. The zero-order valence-corrected chi connectivity index (χ0v) is 63.0. The van der Waals surface area contributed by atoms with Crippen LogP contribution in [-0.4, -0.2) is 58.4 Å². The lowest BCUT2D eigenvalue weighted by Gasteiger charge is -2.44. The van der Waals surface area contributed by atoms with E-state index in [0.29, 0.717) is 0 Å². The van der Waals surface area contributed by atoms with Gasteiger partial charge in [0, 0.05) is 23.8 Å². The highest BCUT2D eigenvalue weighted by molar-refractivity contribution is 7.64. The maximum Gasteiger partial charge on any atom is 0.108 e. The molecule has 0 saturated carbocycles. The van der Waals surface area contributed by atoms with E-state index in [1.165, 1.54) is 81.5 Å². The molecule has 0 nitrogen and oxygen atoms in total. The van der Waals surface area contributed by atoms with E-state index in [9.17, 15) is 0 Å². The standard InChI is InChI=1S/3C24H20B.3C8H11P/c3*1-5-13-21(14-6-1)25(22-15-7-2-8-16-22,23-17-9-3-10-18-23)24-19-11-4-12-20-24;3*1-9(2)8-6-4-3-5-7-8/h3*1-20H;3*3-7H,1-2H3/q3*-1;;;/p+3. The molecule has 0 aliphatic heterocycles. The van der Waals surface area contributed by atoms with Gasteiger partial charge in [0.05, 0.1) is 55.9 Å². The minimum Gasteiger partial charge on any atom is -0.195 e. The molecule has 0 bridgehead atoms. The highest BCUT2D eigenvalue weighted by Gasteiger charge is 2.34. The Balaban J connectivity index is 0.000000139. The number of hydrogen-bond acceptors (Lipinski definition) is 0. The Hall–Kier alpha value is -10.2. The number of rotatable bonds is 15. The van der Waals surface area contributed by atoms with E-state index in [1.807, 2.05) is 0 Å². The molecule has 15 aromatic carbocycles. The van der Waals surface area contributed by atoms with Gasteiger partial charge in [-0.2, -0.15) is 65.6 Å². The monoisotopic (exact) mass is 1370 g/mol. The lowest BCUT2D eigenvalue weighted by molar-refractivity contribution is 1.66. The Morgan fingerprint density at radius 2 is 0.196 bits per heavy atom. The fourth-order valence-corrected chi connectivity index (χ4v) is 17.3. The molecule has 0 saturated heterocycles. The molecular weight excluding hydrogens is 1280 g/mol. The minimum absolute atomic E-state index is 0.212. The van der Waals surface area contributed by atoms with E-state index in [2.05, 4.69) is 495 Å². The van der Waals surface area contributed by atoms with Crippen molar-refractivity contribution in [2.75, 3.05) is 40.0 Å². The minimum atomic E-state index is -1.22. The van der Waals surface area contributed by atoms with Crippen LogP contribution >= 0.6 is 23.8 Å². The molecule has 0 atom stereocenters. The second kappa shape index (κ2) is 39.1. The van der Waals surface area contributed by atoms with Crippen molar-refractivity contribution in [2.45, 2.75) is 0 Å². The van der Waals surface area contributed by atoms with Gasteiger partial charge in [-0.3, -0.25) is 0 Å². The van der Waals surface area contributed by atoms with Crippen molar-refractivity contribution in [3.8, 4) is 0 Å². The summed E-state index contributed by atoms with van der Waals surface area (Å²) in [5.41, 5.74) is 16.1. The quantitative estimate of drug-likeness (QED) is 0.0709. The van der Waals surface area contributed by atoms with Crippen LogP contribution in [0.25, 0.3) is 0 Å². The van der Waals surface area contributed by atoms with Gasteiger partial charge in [0.25, 0.3) is 0 Å². The molecular formula is C96H96B3P3. The average molecular weight is 1380 g/mol. The first-order valence-corrected chi connectivity index (χ1v) is 43.4. The zero-order chi connectivity index (χ0) is 70.9. The van der Waals surface area contributed by atoms with Crippen molar-refractivity contribution >= 4 is 124 Å². The van der Waals surface area contributed by atoms with Gasteiger partial charge in [0.1, 0.15) is 18.4 Å². The lowest BCUT2D eigenvalue weighted by atomic mass is 9.13. The van der Waals surface area contributed by atoms with Crippen LogP contribution in [0, 0.1) is 0 Å². The molecule has 0 N–H and O–H groups in total. The maximum absolute atomic E-state index is 2.31. The van der Waals surface area contributed by atoms with Crippen LogP contribution in [-0.2, 0) is 0 Å². The summed E-state index contributed by atoms with van der Waals surface area (Å²) < 4.78 is 0. The van der Waals surface area contributed by atoms with Gasteiger partial charge in [-0.05, 0) is 36.4 Å². The Morgan fingerprint density at radius 3 is 0.265 bits per heavy atom. The molecule has 0 aliphatic rings. The molecule has 6 heteroatoms. The Kier molecular flexibility index (Phi) is 28.6. The Morgan fingerprint density at radius 1 is 0.118 bits per heavy atom. The first-order valence-electron chi connectivity index (χ1n) is 35.9. The summed E-state index contributed by atoms with van der Waals surface area (Å²) in [6, 6.07) is 163. The third-order valence-corrected chi connectivity index (χ3v) is 24.1. The van der Waals surface area contributed by atoms with Gasteiger partial charge in [-0.1, -0.05) is 419 Å². The predicted octanol–water partition coefficient (Wildman–Crippen LogP) is 14.5. The largest absolute Gasteiger partial charge is 0.195 e. The number of hydrogen-bond donors (Lipinski definition) is 0. The van der Waals surface area contributed by atoms with Crippen LogP contribution in [0.2, 0.25) is 0 Å². The smallest absolute Gasteiger partial charge is 0.108 e. The SMILES string of the molecule is C[PH+](C)c1ccccc1.C[PH+](C)c1ccccc1.C[PH+](C)c1ccccc1.c1ccc([B-](c2ccccc2)(c2ccccc2)c2ccccc2)cc1.c1ccc([B-](c2ccccc2)(c2ccccc2)c2ccccc2)cc1.c1ccc([B-](c2ccccc2)(c2ccccc2)c2ccccc2)cc1. The molecule has 0 heterocycles. The van der Waals surface area contributed by atoms with Gasteiger partial charge in [-0.25, -0.2) is 0 Å². The van der Waals surface area contributed by atoms with Crippen molar-refractivity contribution in [2.24, 2.45) is 0 Å². The van der Waals surface area contributed by atoms with E-state index in [-0.39, 0.29) is 23.8 Å². The second-order valence-electron chi connectivity index (χ2n) is 26.6. The second-order valence-corrected chi connectivity index (χ2v) is 34.4. The molecule has 15 aromatic rings. The lowest BCUT2D eigenvalue weighted by Crippen LogP contribution is -2.74. The van der Waals surface area contributed by atoms with Gasteiger partial charge in [-0.15, -0.1) is 0 Å². The fourth-order valence-electron chi connectivity index (χ4n) is 14.7. The van der Waals surface area contributed by atoms with E-state index < -0.39 is 18.4 Å². The Labute approximate surface area is 614 Å². The normalized spacial score (nSPS) is 10.9. The van der Waals surface area contributed by atoms with Crippen molar-refractivity contribution in [3.63, 3.8) is 0 Å². The van der Waals surface area contributed by atoms with Crippen LogP contribution in [0.5, 0.6) is 0 Å². The summed E-state index contributed by atoms with van der Waals surface area (Å²) in [7, 11) is -0.637. The third kappa shape index (κ3) is 18.8. The van der Waals surface area contributed by atoms with Crippen LogP contribution in [0.3, 0.4) is 0 Å². The van der Waals surface area contributed by atoms with E-state index in [0.717, 1.165) is 0 Å². The summed E-state index contributed by atoms with van der Waals surface area (Å²) in [4.78, 5) is 0. The first kappa shape index (κ1) is 74.5. The summed E-state index contributed by atoms with van der Waals surface area (Å²) in [6.45, 7) is 13.8.